The lowest BCUT2D eigenvalue weighted by Crippen LogP contribution is -2.38. The van der Waals surface area contributed by atoms with Gasteiger partial charge in [-0.3, -0.25) is 9.69 Å². The number of amides is 1. The topological polar surface area (TPSA) is 98.1 Å². The van der Waals surface area contributed by atoms with Gasteiger partial charge in [0.1, 0.15) is 10.7 Å². The Morgan fingerprint density at radius 1 is 1.60 bits per heavy atom. The Morgan fingerprint density at radius 2 is 2.27 bits per heavy atom. The monoisotopic (exact) mass is 229 g/mol. The van der Waals surface area contributed by atoms with E-state index in [-0.39, 0.29) is 18.5 Å². The van der Waals surface area contributed by atoms with Crippen LogP contribution in [0.25, 0.3) is 0 Å². The molecule has 15 heavy (non-hydrogen) atoms. The number of hydrogen-bond acceptors (Lipinski definition) is 6. The molecule has 0 aliphatic carbocycles. The summed E-state index contributed by atoms with van der Waals surface area (Å²) in [5.41, 5.74) is 11.5. The summed E-state index contributed by atoms with van der Waals surface area (Å²) in [6.07, 6.45) is 0. The van der Waals surface area contributed by atoms with E-state index in [0.29, 0.717) is 17.2 Å². The zero-order valence-electron chi connectivity index (χ0n) is 8.80. The fourth-order valence-corrected chi connectivity index (χ4v) is 1.58. The van der Waals surface area contributed by atoms with Gasteiger partial charge in [-0.1, -0.05) is 4.49 Å². The molecule has 6 nitrogen and oxygen atoms in total. The second-order valence-corrected chi connectivity index (χ2v) is 4.33. The molecule has 1 heterocycles. The number of nitrogen functional groups attached to an aromatic ring is 1. The van der Waals surface area contributed by atoms with E-state index < -0.39 is 0 Å². The largest absolute Gasteiger partial charge is 0.388 e. The third-order valence-electron chi connectivity index (χ3n) is 2.03. The number of hydrogen-bond donors (Lipinski definition) is 2. The Bertz CT molecular complexity index is 338. The molecule has 0 saturated carbocycles. The lowest BCUT2D eigenvalue weighted by atomic mass is 10.3. The van der Waals surface area contributed by atoms with Gasteiger partial charge in [0.15, 0.2) is 0 Å². The van der Waals surface area contributed by atoms with Gasteiger partial charge in [0.2, 0.25) is 5.91 Å². The van der Waals surface area contributed by atoms with Crippen LogP contribution in [0.2, 0.25) is 0 Å². The van der Waals surface area contributed by atoms with Crippen molar-refractivity contribution >= 4 is 22.4 Å². The first-order chi connectivity index (χ1) is 7.00. The number of carbonyl (C=O) groups excluding carboxylic acids is 1. The first kappa shape index (κ1) is 11.9. The summed E-state index contributed by atoms with van der Waals surface area (Å²) in [5.74, 6) is -0.356. The maximum atomic E-state index is 10.8. The van der Waals surface area contributed by atoms with E-state index in [0.717, 1.165) is 11.5 Å². The van der Waals surface area contributed by atoms with Crippen LogP contribution in [0.15, 0.2) is 0 Å². The van der Waals surface area contributed by atoms with Gasteiger partial charge in [-0.2, -0.15) is 0 Å². The lowest BCUT2D eigenvalue weighted by Gasteiger charge is -2.23. The molecular weight excluding hydrogens is 214 g/mol. The molecule has 0 aliphatic rings. The zero-order chi connectivity index (χ0) is 11.4. The standard InChI is InChI=1S/C8H15N5OS/c1-5(2)13(4-7(9)14)3-6-8(10)15-12-11-6/h5H,3-4,10H2,1-2H3,(H2,9,14). The highest BCUT2D eigenvalue weighted by Crippen LogP contribution is 2.15. The third-order valence-corrected chi connectivity index (χ3v) is 2.62. The minimum atomic E-state index is -0.356. The van der Waals surface area contributed by atoms with Crippen molar-refractivity contribution in [2.75, 3.05) is 12.3 Å². The number of aromatic nitrogens is 2. The SMILES string of the molecule is CC(C)N(CC(N)=O)Cc1nnsc1N. The van der Waals surface area contributed by atoms with Gasteiger partial charge in [0, 0.05) is 24.1 Å². The molecule has 0 bridgehead atoms. The van der Waals surface area contributed by atoms with E-state index in [2.05, 4.69) is 9.59 Å². The quantitative estimate of drug-likeness (QED) is 0.729. The Labute approximate surface area is 92.4 Å². The predicted octanol–water partition coefficient (Wildman–Crippen LogP) is -0.184. The normalized spacial score (nSPS) is 11.2. The molecule has 4 N–H and O–H groups in total. The van der Waals surface area contributed by atoms with Crippen molar-refractivity contribution in [2.45, 2.75) is 26.4 Å². The van der Waals surface area contributed by atoms with Gasteiger partial charge < -0.3 is 11.5 Å². The fourth-order valence-electron chi connectivity index (χ4n) is 1.14. The summed E-state index contributed by atoms with van der Waals surface area (Å²) in [5, 5.41) is 4.48. The van der Waals surface area contributed by atoms with Crippen LogP contribution in [0.4, 0.5) is 5.00 Å². The molecule has 1 aromatic rings. The Kier molecular flexibility index (Phi) is 3.98. The smallest absolute Gasteiger partial charge is 0.231 e. The van der Waals surface area contributed by atoms with Crippen molar-refractivity contribution < 1.29 is 4.79 Å². The molecule has 0 saturated heterocycles. The maximum Gasteiger partial charge on any atom is 0.231 e. The fraction of sp³-hybridized carbons (Fsp3) is 0.625. The van der Waals surface area contributed by atoms with Crippen molar-refractivity contribution in [3.8, 4) is 0 Å². The molecule has 0 unspecified atom stereocenters. The Morgan fingerprint density at radius 3 is 2.67 bits per heavy atom. The minimum Gasteiger partial charge on any atom is -0.388 e. The molecule has 1 amide bonds. The van der Waals surface area contributed by atoms with Crippen LogP contribution < -0.4 is 11.5 Å². The number of rotatable bonds is 5. The second-order valence-electron chi connectivity index (χ2n) is 3.55. The summed E-state index contributed by atoms with van der Waals surface area (Å²) in [4.78, 5) is 12.7. The van der Waals surface area contributed by atoms with Gasteiger partial charge >= 0.3 is 0 Å². The van der Waals surface area contributed by atoms with E-state index in [1.807, 2.05) is 18.7 Å². The van der Waals surface area contributed by atoms with E-state index in [9.17, 15) is 4.79 Å². The molecule has 1 rings (SSSR count). The molecular formula is C8H15N5OS. The highest BCUT2D eigenvalue weighted by atomic mass is 32.1. The van der Waals surface area contributed by atoms with Gasteiger partial charge in [-0.15, -0.1) is 5.10 Å². The van der Waals surface area contributed by atoms with Gasteiger partial charge in [0.25, 0.3) is 0 Å². The van der Waals surface area contributed by atoms with Crippen molar-refractivity contribution in [2.24, 2.45) is 5.73 Å². The second kappa shape index (κ2) is 5.04. The van der Waals surface area contributed by atoms with Crippen LogP contribution in [-0.4, -0.2) is 33.0 Å². The zero-order valence-corrected chi connectivity index (χ0v) is 9.62. The number of nitrogens with two attached hydrogens (primary N) is 2. The summed E-state index contributed by atoms with van der Waals surface area (Å²) >= 11 is 1.15. The highest BCUT2D eigenvalue weighted by Gasteiger charge is 2.15. The van der Waals surface area contributed by atoms with E-state index in [1.165, 1.54) is 0 Å². The van der Waals surface area contributed by atoms with Crippen LogP contribution in [0.5, 0.6) is 0 Å². The summed E-state index contributed by atoms with van der Waals surface area (Å²) < 4.78 is 3.74. The van der Waals surface area contributed by atoms with Crippen LogP contribution in [0, 0.1) is 0 Å². The van der Waals surface area contributed by atoms with Crippen molar-refractivity contribution in [3.63, 3.8) is 0 Å². The lowest BCUT2D eigenvalue weighted by molar-refractivity contribution is -0.119. The van der Waals surface area contributed by atoms with Gasteiger partial charge in [0.05, 0.1) is 6.54 Å². The molecule has 0 fully saturated rings. The Balaban J connectivity index is 2.67. The summed E-state index contributed by atoms with van der Waals surface area (Å²) in [6, 6.07) is 0.207. The van der Waals surface area contributed by atoms with Crippen molar-refractivity contribution in [3.05, 3.63) is 5.69 Å². The van der Waals surface area contributed by atoms with Gasteiger partial charge in [-0.25, -0.2) is 0 Å². The third kappa shape index (κ3) is 3.45. The number of anilines is 1. The molecule has 7 heteroatoms. The maximum absolute atomic E-state index is 10.8. The van der Waals surface area contributed by atoms with E-state index in [1.54, 1.807) is 0 Å². The minimum absolute atomic E-state index is 0.203. The highest BCUT2D eigenvalue weighted by molar-refractivity contribution is 7.09. The average Bonchev–Trinajstić information content (AvgIpc) is 2.50. The van der Waals surface area contributed by atoms with E-state index >= 15 is 0 Å². The van der Waals surface area contributed by atoms with Crippen LogP contribution in [-0.2, 0) is 11.3 Å². The van der Waals surface area contributed by atoms with Crippen LogP contribution in [0.1, 0.15) is 19.5 Å². The van der Waals surface area contributed by atoms with Crippen LogP contribution >= 0.6 is 11.5 Å². The summed E-state index contributed by atoms with van der Waals surface area (Å²) in [6.45, 7) is 4.68. The molecule has 0 atom stereocenters. The van der Waals surface area contributed by atoms with Gasteiger partial charge in [-0.05, 0) is 13.8 Å². The van der Waals surface area contributed by atoms with Crippen molar-refractivity contribution in [1.29, 1.82) is 0 Å². The number of nitrogens with zero attached hydrogens (tertiary/aromatic N) is 3. The Hall–Kier alpha value is -1.21. The predicted molar refractivity (Wildman–Crippen MR) is 59.1 cm³/mol. The molecule has 0 spiro atoms. The summed E-state index contributed by atoms with van der Waals surface area (Å²) in [7, 11) is 0. The van der Waals surface area contributed by atoms with E-state index in [4.69, 9.17) is 11.5 Å². The average molecular weight is 229 g/mol. The molecule has 84 valence electrons. The molecule has 0 aromatic carbocycles. The first-order valence-electron chi connectivity index (χ1n) is 4.59. The molecule has 0 radical (unpaired) electrons. The number of carbonyl (C=O) groups is 1. The number of primary amides is 1. The first-order valence-corrected chi connectivity index (χ1v) is 5.37. The van der Waals surface area contributed by atoms with Crippen LogP contribution in [0.3, 0.4) is 0 Å². The molecule has 1 aromatic heterocycles. The molecule has 0 aliphatic heterocycles. The van der Waals surface area contributed by atoms with Crippen molar-refractivity contribution in [1.82, 2.24) is 14.5 Å².